The molecule has 0 amide bonds. The number of esters is 3. The van der Waals surface area contributed by atoms with Crippen LogP contribution in [0.4, 0.5) is 0 Å². The van der Waals surface area contributed by atoms with Gasteiger partial charge in [-0.05, 0) is 109 Å². The first kappa shape index (κ1) is 76.5. The molecule has 0 radical (unpaired) electrons. The predicted molar refractivity (Wildman–Crippen MR) is 353 cm³/mol. The summed E-state index contributed by atoms with van der Waals surface area (Å²) in [5.41, 5.74) is 0. The van der Waals surface area contributed by atoms with Crippen molar-refractivity contribution in [1.82, 2.24) is 0 Å². The van der Waals surface area contributed by atoms with Gasteiger partial charge in [0.15, 0.2) is 6.10 Å². The Balaban J connectivity index is 4.31. The van der Waals surface area contributed by atoms with Crippen molar-refractivity contribution < 1.29 is 28.6 Å². The molecule has 6 nitrogen and oxygen atoms in total. The zero-order valence-corrected chi connectivity index (χ0v) is 52.8. The lowest BCUT2D eigenvalue weighted by Crippen LogP contribution is -2.30. The predicted octanol–water partition coefficient (Wildman–Crippen LogP) is 23.3. The van der Waals surface area contributed by atoms with Crippen molar-refractivity contribution in [1.29, 1.82) is 0 Å². The van der Waals surface area contributed by atoms with E-state index in [1.54, 1.807) is 0 Å². The van der Waals surface area contributed by atoms with Crippen LogP contribution in [0, 0.1) is 0 Å². The molecule has 1 atom stereocenters. The van der Waals surface area contributed by atoms with Crippen molar-refractivity contribution in [2.24, 2.45) is 0 Å². The van der Waals surface area contributed by atoms with Crippen molar-refractivity contribution >= 4 is 17.9 Å². The topological polar surface area (TPSA) is 78.9 Å². The van der Waals surface area contributed by atoms with Gasteiger partial charge in [-0.15, -0.1) is 0 Å². The number of unbranched alkanes of at least 4 members (excludes halogenated alkanes) is 27. The van der Waals surface area contributed by atoms with Crippen LogP contribution in [0.15, 0.2) is 134 Å². The van der Waals surface area contributed by atoms with Crippen LogP contribution in [0.5, 0.6) is 0 Å². The highest BCUT2D eigenvalue weighted by molar-refractivity contribution is 5.71. The van der Waals surface area contributed by atoms with Gasteiger partial charge in [-0.25, -0.2) is 0 Å². The van der Waals surface area contributed by atoms with E-state index in [0.29, 0.717) is 19.3 Å². The normalized spacial score (nSPS) is 13.0. The first-order valence-electron chi connectivity index (χ1n) is 33.7. The lowest BCUT2D eigenvalue weighted by molar-refractivity contribution is -0.167. The van der Waals surface area contributed by atoms with Crippen LogP contribution in [0.1, 0.15) is 303 Å². The number of hydrogen-bond donors (Lipinski definition) is 0. The van der Waals surface area contributed by atoms with Gasteiger partial charge >= 0.3 is 17.9 Å². The van der Waals surface area contributed by atoms with E-state index >= 15 is 0 Å². The molecule has 0 heterocycles. The summed E-state index contributed by atoms with van der Waals surface area (Å²) in [5, 5.41) is 0. The lowest BCUT2D eigenvalue weighted by Gasteiger charge is -2.18. The molecule has 0 fully saturated rings. The SMILES string of the molecule is CC/C=C\C/C=C\C/C=C\C/C=C\C/C=C\C/C=C\C/C=C\CCCC(=O)OC(COC(=O)CCCCCCCCCCCCC)COC(=O)CCCCCCCCCCCCCCCCCC/C=C\C/C=C\C/C=C\C/C=C\CC. The van der Waals surface area contributed by atoms with Crippen LogP contribution in [-0.2, 0) is 28.6 Å². The fourth-order valence-electron chi connectivity index (χ4n) is 9.19. The minimum Gasteiger partial charge on any atom is -0.462 e. The third kappa shape index (κ3) is 66.2. The molecule has 0 spiro atoms. The second kappa shape index (κ2) is 68.1. The fraction of sp³-hybridized carbons (Fsp3) is 0.667. The van der Waals surface area contributed by atoms with Crippen molar-refractivity contribution in [3.63, 3.8) is 0 Å². The van der Waals surface area contributed by atoms with Crippen LogP contribution < -0.4 is 0 Å². The van der Waals surface area contributed by atoms with E-state index in [-0.39, 0.29) is 37.5 Å². The molecule has 81 heavy (non-hydrogen) atoms. The minimum atomic E-state index is -0.811. The van der Waals surface area contributed by atoms with E-state index in [9.17, 15) is 14.4 Å². The molecule has 1 unspecified atom stereocenters. The average molecular weight is 1120 g/mol. The van der Waals surface area contributed by atoms with Crippen LogP contribution in [0.3, 0.4) is 0 Å². The molecule has 0 saturated carbocycles. The summed E-state index contributed by atoms with van der Waals surface area (Å²) in [6.45, 7) is 6.38. The molecule has 0 bridgehead atoms. The molecule has 0 aromatic carbocycles. The minimum absolute atomic E-state index is 0.101. The number of hydrogen-bond acceptors (Lipinski definition) is 6. The molecule has 0 aromatic heterocycles. The van der Waals surface area contributed by atoms with Gasteiger partial charge < -0.3 is 14.2 Å². The maximum atomic E-state index is 12.9. The Labute approximate surface area is 500 Å². The largest absolute Gasteiger partial charge is 0.462 e. The maximum Gasteiger partial charge on any atom is 0.306 e. The van der Waals surface area contributed by atoms with Crippen molar-refractivity contribution in [2.45, 2.75) is 309 Å². The highest BCUT2D eigenvalue weighted by atomic mass is 16.6. The Hall–Kier alpha value is -4.45. The van der Waals surface area contributed by atoms with E-state index < -0.39 is 6.10 Å². The highest BCUT2D eigenvalue weighted by Gasteiger charge is 2.19. The molecule has 0 saturated heterocycles. The number of carbonyl (C=O) groups is 3. The second-order valence-electron chi connectivity index (χ2n) is 22.0. The Bertz CT molecular complexity index is 1720. The first-order valence-corrected chi connectivity index (χ1v) is 33.7. The fourth-order valence-corrected chi connectivity index (χ4v) is 9.19. The molecule has 0 rings (SSSR count). The van der Waals surface area contributed by atoms with Gasteiger partial charge in [0, 0.05) is 19.3 Å². The van der Waals surface area contributed by atoms with Gasteiger partial charge in [-0.1, -0.05) is 309 Å². The van der Waals surface area contributed by atoms with E-state index in [1.165, 1.54) is 141 Å². The van der Waals surface area contributed by atoms with Crippen molar-refractivity contribution in [2.75, 3.05) is 13.2 Å². The van der Waals surface area contributed by atoms with E-state index in [1.807, 2.05) is 0 Å². The van der Waals surface area contributed by atoms with Crippen molar-refractivity contribution in [3.05, 3.63) is 134 Å². The standard InChI is InChI=1S/C75H124O6/c1-4-7-10-13-16-19-22-24-26-28-30-32-34-35-36-37-38-39-41-42-44-46-48-50-53-56-59-62-65-68-74(77)80-71-72(70-79-73(76)67-64-61-58-55-52-21-18-15-12-9-6-3)81-75(78)69-66-63-60-57-54-51-49-47-45-43-40-33-31-29-27-25-23-20-17-14-11-8-5-2/h7-8,10-11,16-17,19-20,24-27,30-33,43,45,49,51,57,60,72H,4-6,9,12-15,18,21-23,28-29,34-42,44,46-48,50,52-56,58-59,61-71H2,1-3H3/b10-7-,11-8-,19-16-,20-17-,26-24-,27-25-,32-30-,33-31-,45-43-,51-49-,60-57-. The Morgan fingerprint density at radius 1 is 0.259 bits per heavy atom. The van der Waals surface area contributed by atoms with Crippen LogP contribution in [0.2, 0.25) is 0 Å². The Morgan fingerprint density at radius 2 is 0.494 bits per heavy atom. The summed E-state index contributed by atoms with van der Waals surface area (Å²) in [6, 6.07) is 0. The Kier molecular flexibility index (Phi) is 64.3. The molecule has 0 aliphatic rings. The highest BCUT2D eigenvalue weighted by Crippen LogP contribution is 2.16. The molecule has 0 N–H and O–H groups in total. The van der Waals surface area contributed by atoms with E-state index in [4.69, 9.17) is 14.2 Å². The van der Waals surface area contributed by atoms with Gasteiger partial charge in [0.1, 0.15) is 13.2 Å². The van der Waals surface area contributed by atoms with Gasteiger partial charge in [0.2, 0.25) is 0 Å². The summed E-state index contributed by atoms with van der Waals surface area (Å²) in [6.07, 6.45) is 96.2. The summed E-state index contributed by atoms with van der Waals surface area (Å²) in [5.74, 6) is -0.955. The van der Waals surface area contributed by atoms with Gasteiger partial charge in [0.25, 0.3) is 0 Å². The zero-order valence-electron chi connectivity index (χ0n) is 52.8. The molecular weight excluding hydrogens is 997 g/mol. The smallest absolute Gasteiger partial charge is 0.306 e. The van der Waals surface area contributed by atoms with Crippen LogP contribution >= 0.6 is 0 Å². The summed E-state index contributed by atoms with van der Waals surface area (Å²) in [4.78, 5) is 38.3. The van der Waals surface area contributed by atoms with Gasteiger partial charge in [-0.3, -0.25) is 14.4 Å². The molecule has 6 heteroatoms. The van der Waals surface area contributed by atoms with Crippen LogP contribution in [0.25, 0.3) is 0 Å². The summed E-state index contributed by atoms with van der Waals surface area (Å²) < 4.78 is 16.9. The third-order valence-corrected chi connectivity index (χ3v) is 14.2. The number of rotatable bonds is 60. The molecule has 0 aromatic rings. The monoisotopic (exact) mass is 1120 g/mol. The van der Waals surface area contributed by atoms with Crippen LogP contribution in [-0.4, -0.2) is 37.2 Å². The molecule has 0 aliphatic heterocycles. The molecular formula is C75H124O6. The first-order chi connectivity index (χ1) is 40.0. The van der Waals surface area contributed by atoms with Gasteiger partial charge in [-0.2, -0.15) is 0 Å². The average Bonchev–Trinajstić information content (AvgIpc) is 3.47. The lowest BCUT2D eigenvalue weighted by atomic mass is 10.0. The van der Waals surface area contributed by atoms with E-state index in [2.05, 4.69) is 154 Å². The van der Waals surface area contributed by atoms with Gasteiger partial charge in [0.05, 0.1) is 0 Å². The third-order valence-electron chi connectivity index (χ3n) is 14.2. The number of allylic oxidation sites excluding steroid dienone is 22. The van der Waals surface area contributed by atoms with Crippen molar-refractivity contribution in [3.8, 4) is 0 Å². The number of carbonyl (C=O) groups excluding carboxylic acids is 3. The van der Waals surface area contributed by atoms with E-state index in [0.717, 1.165) is 116 Å². The molecule has 0 aliphatic carbocycles. The summed E-state index contributed by atoms with van der Waals surface area (Å²) >= 11 is 0. The second-order valence-corrected chi connectivity index (χ2v) is 22.0. The molecule has 460 valence electrons. The zero-order chi connectivity index (χ0) is 58.5. The quantitative estimate of drug-likeness (QED) is 0.0261. The Morgan fingerprint density at radius 3 is 0.790 bits per heavy atom. The summed E-state index contributed by atoms with van der Waals surface area (Å²) in [7, 11) is 0. The number of ether oxygens (including phenoxy) is 3. The maximum absolute atomic E-state index is 12.9.